The summed E-state index contributed by atoms with van der Waals surface area (Å²) < 4.78 is 25.0. The van der Waals surface area contributed by atoms with Gasteiger partial charge in [0, 0.05) is 12.8 Å². The second kappa shape index (κ2) is 10.4. The van der Waals surface area contributed by atoms with Gasteiger partial charge in [-0.1, -0.05) is 0 Å². The number of nitrogens with zero attached hydrogens (tertiary/aromatic N) is 6. The highest BCUT2D eigenvalue weighted by Crippen LogP contribution is 2.49. The van der Waals surface area contributed by atoms with Gasteiger partial charge >= 0.3 is 12.4 Å². The van der Waals surface area contributed by atoms with Crippen molar-refractivity contribution < 1.29 is 33.6 Å². The number of aliphatic hydroxyl groups excluding tert-OH is 2. The highest BCUT2D eigenvalue weighted by Gasteiger charge is 2.42. The van der Waals surface area contributed by atoms with Gasteiger partial charge in [-0.2, -0.15) is 9.97 Å². The summed E-state index contributed by atoms with van der Waals surface area (Å²) in [6, 6.07) is 0. The first-order valence-corrected chi connectivity index (χ1v) is 13.8. The summed E-state index contributed by atoms with van der Waals surface area (Å²) >= 11 is 5.11. The lowest BCUT2D eigenvalue weighted by Gasteiger charge is -2.24. The van der Waals surface area contributed by atoms with E-state index in [9.17, 15) is 24.7 Å². The van der Waals surface area contributed by atoms with Crippen molar-refractivity contribution in [3.05, 3.63) is 33.5 Å². The van der Waals surface area contributed by atoms with Crippen LogP contribution in [0.1, 0.15) is 25.3 Å². The van der Waals surface area contributed by atoms with Crippen LogP contribution in [0.25, 0.3) is 11.2 Å². The molecule has 206 valence electrons. The number of nitrogens with two attached hydrogens (primary N) is 2. The van der Waals surface area contributed by atoms with Crippen LogP contribution >= 0.6 is 6.72 Å². The fourth-order valence-corrected chi connectivity index (χ4v) is 5.73. The Bertz CT molecular complexity index is 1500. The van der Waals surface area contributed by atoms with E-state index in [1.807, 2.05) is 0 Å². The van der Waals surface area contributed by atoms with Gasteiger partial charge in [-0.3, -0.25) is 18.9 Å². The molecule has 18 nitrogen and oxygen atoms in total. The van der Waals surface area contributed by atoms with Gasteiger partial charge in [-0.15, -0.1) is 0 Å². The number of nitrogens with one attached hydrogen (secondary N) is 1. The fraction of sp³-hybridized carbons (Fsp3) is 0.556. The van der Waals surface area contributed by atoms with Crippen LogP contribution in [-0.2, 0) is 30.3 Å². The summed E-state index contributed by atoms with van der Waals surface area (Å²) in [5.41, 5.74) is 10.0. The van der Waals surface area contributed by atoms with Gasteiger partial charge in [0.2, 0.25) is 11.9 Å². The smallest absolute Gasteiger partial charge is 0.354 e. The van der Waals surface area contributed by atoms with Crippen LogP contribution in [0.3, 0.4) is 0 Å². The molecule has 2 saturated heterocycles. The molecule has 2 fully saturated rings. The second-order valence-electron chi connectivity index (χ2n) is 8.57. The molecule has 0 radical (unpaired) electrons. The van der Waals surface area contributed by atoms with E-state index in [0.29, 0.717) is 0 Å². The molecule has 3 aromatic rings. The number of aromatic nitrogens is 7. The number of aromatic amines is 1. The lowest BCUT2D eigenvalue weighted by Crippen LogP contribution is -2.29. The maximum absolute atomic E-state index is 12.1. The van der Waals surface area contributed by atoms with Crippen molar-refractivity contribution in [3.63, 3.8) is 0 Å². The Labute approximate surface area is 217 Å². The first kappa shape index (κ1) is 26.7. The summed E-state index contributed by atoms with van der Waals surface area (Å²) in [6.45, 7) is -4.75. The molecule has 5 rings (SSSR count). The highest BCUT2D eigenvalue weighted by molar-refractivity contribution is 8.07. The van der Waals surface area contributed by atoms with Crippen LogP contribution in [0.4, 0.5) is 11.9 Å². The molecular formula is C18H24N9O9PS. The minimum absolute atomic E-state index is 0.0221. The van der Waals surface area contributed by atoms with E-state index < -0.39 is 61.4 Å². The van der Waals surface area contributed by atoms with Crippen molar-refractivity contribution >= 4 is 41.6 Å². The van der Waals surface area contributed by atoms with E-state index >= 15 is 0 Å². The number of nitrogen functional groups attached to an aromatic ring is 2. The van der Waals surface area contributed by atoms with Crippen LogP contribution in [0.5, 0.6) is 0 Å². The van der Waals surface area contributed by atoms with Gasteiger partial charge in [0.25, 0.3) is 5.56 Å². The average Bonchev–Trinajstić information content (AvgIpc) is 3.54. The van der Waals surface area contributed by atoms with Gasteiger partial charge in [0.15, 0.2) is 11.2 Å². The van der Waals surface area contributed by atoms with Crippen molar-refractivity contribution in [2.24, 2.45) is 0 Å². The van der Waals surface area contributed by atoms with Crippen molar-refractivity contribution in [2.75, 3.05) is 24.7 Å². The third-order valence-electron chi connectivity index (χ3n) is 6.05. The van der Waals surface area contributed by atoms with Gasteiger partial charge < -0.3 is 45.1 Å². The lowest BCUT2D eigenvalue weighted by atomic mass is 10.2. The maximum atomic E-state index is 12.1. The fourth-order valence-electron chi connectivity index (χ4n) is 4.26. The Morgan fingerprint density at radius 1 is 1.13 bits per heavy atom. The Hall–Kier alpha value is -2.87. The van der Waals surface area contributed by atoms with Gasteiger partial charge in [-0.05, 0) is 11.8 Å². The topological polar surface area (TPSA) is 261 Å². The van der Waals surface area contributed by atoms with Gasteiger partial charge in [-0.25, -0.2) is 14.8 Å². The SMILES string of the molecule is Nc1ncn(C2CC(OP(O)(=S)OCC3OC(n4cnc5c(=O)[nH]c(N)nc54)CC3O)C(CO)O2)c(=O)n1. The third kappa shape index (κ3) is 5.33. The van der Waals surface area contributed by atoms with Crippen LogP contribution in [0.15, 0.2) is 22.2 Å². The minimum Gasteiger partial charge on any atom is -0.394 e. The normalized spacial score (nSPS) is 29.1. The van der Waals surface area contributed by atoms with Crippen LogP contribution in [-0.4, -0.2) is 86.8 Å². The number of imidazole rings is 1. The number of H-pyrrole nitrogens is 1. The van der Waals surface area contributed by atoms with Crippen molar-refractivity contribution in [3.8, 4) is 0 Å². The van der Waals surface area contributed by atoms with Crippen molar-refractivity contribution in [1.29, 1.82) is 0 Å². The molecule has 2 aliphatic heterocycles. The molecule has 0 saturated carbocycles. The molecule has 0 spiro atoms. The molecule has 0 aliphatic carbocycles. The Morgan fingerprint density at radius 2 is 1.84 bits per heavy atom. The third-order valence-corrected chi connectivity index (χ3v) is 7.64. The number of rotatable bonds is 8. The summed E-state index contributed by atoms with van der Waals surface area (Å²) in [6.07, 6.45) is -2.84. The van der Waals surface area contributed by atoms with Crippen molar-refractivity contribution in [1.82, 2.24) is 34.1 Å². The summed E-state index contributed by atoms with van der Waals surface area (Å²) in [5.74, 6) is -0.308. The number of ether oxygens (including phenoxy) is 2. The number of hydrogen-bond donors (Lipinski definition) is 6. The molecule has 0 bridgehead atoms. The highest BCUT2D eigenvalue weighted by atomic mass is 32.5. The predicted octanol–water partition coefficient (Wildman–Crippen LogP) is -2.52. The molecule has 0 aromatic carbocycles. The molecular weight excluding hydrogens is 549 g/mol. The molecule has 7 atom stereocenters. The molecule has 20 heteroatoms. The first-order valence-electron chi connectivity index (χ1n) is 11.2. The minimum atomic E-state index is -3.92. The van der Waals surface area contributed by atoms with Crippen LogP contribution in [0, 0.1) is 0 Å². The van der Waals surface area contributed by atoms with Gasteiger partial charge in [0.05, 0.1) is 31.7 Å². The average molecular weight is 573 g/mol. The van der Waals surface area contributed by atoms with Crippen molar-refractivity contribution in [2.45, 2.75) is 49.7 Å². The van der Waals surface area contributed by atoms with Crippen LogP contribution < -0.4 is 22.7 Å². The second-order valence-corrected chi connectivity index (χ2v) is 11.4. The number of fused-ring (bicyclic) bond motifs is 1. The molecule has 0 amide bonds. The lowest BCUT2D eigenvalue weighted by molar-refractivity contribution is -0.0521. The zero-order valence-electron chi connectivity index (χ0n) is 19.4. The maximum Gasteiger partial charge on any atom is 0.354 e. The Balaban J connectivity index is 1.22. The van der Waals surface area contributed by atoms with Gasteiger partial charge in [0.1, 0.15) is 31.0 Å². The van der Waals surface area contributed by atoms with E-state index in [2.05, 4.69) is 24.9 Å². The van der Waals surface area contributed by atoms with E-state index in [1.54, 1.807) is 0 Å². The monoisotopic (exact) mass is 573 g/mol. The Kier molecular flexibility index (Phi) is 7.29. The zero-order valence-corrected chi connectivity index (χ0v) is 21.1. The zero-order chi connectivity index (χ0) is 27.2. The first-order chi connectivity index (χ1) is 18.0. The predicted molar refractivity (Wildman–Crippen MR) is 131 cm³/mol. The molecule has 2 aliphatic rings. The van der Waals surface area contributed by atoms with E-state index in [-0.39, 0.29) is 42.5 Å². The standard InChI is InChI=1S/C18H24N9O9PS/c19-16-22-6-27(18(31)25-16)12-2-8(9(3-28)34-12)36-37(32,38)33-4-10-7(29)1-11(35-10)26-5-21-13-14(26)23-17(20)24-15(13)30/h5-12,28-29H,1-4H2,(H,32,38)(H2,19,25,31)(H3,20,23,24,30). The quantitative estimate of drug-likeness (QED) is 0.152. The molecule has 7 unspecified atom stereocenters. The largest absolute Gasteiger partial charge is 0.394 e. The molecule has 8 N–H and O–H groups in total. The Morgan fingerprint density at radius 3 is 2.58 bits per heavy atom. The van der Waals surface area contributed by atoms with E-state index in [1.165, 1.54) is 10.9 Å². The summed E-state index contributed by atoms with van der Waals surface area (Å²) in [5, 5.41) is 20.2. The van der Waals surface area contributed by atoms with E-state index in [4.69, 9.17) is 41.8 Å². The summed E-state index contributed by atoms with van der Waals surface area (Å²) in [7, 11) is 0. The number of anilines is 2. The number of aliphatic hydroxyl groups is 2. The summed E-state index contributed by atoms with van der Waals surface area (Å²) in [4.78, 5) is 52.5. The van der Waals surface area contributed by atoms with Crippen LogP contribution in [0.2, 0.25) is 0 Å². The molecule has 5 heterocycles. The molecule has 3 aromatic heterocycles. The number of hydrogen-bond acceptors (Lipinski definition) is 15. The van der Waals surface area contributed by atoms with E-state index in [0.717, 1.165) is 10.9 Å². The molecule has 38 heavy (non-hydrogen) atoms.